The van der Waals surface area contributed by atoms with Crippen LogP contribution in [0.5, 0.6) is 0 Å². The Kier molecular flexibility index (Phi) is 17.7. The van der Waals surface area contributed by atoms with Crippen LogP contribution in [0.15, 0.2) is 47.1 Å². The molecule has 2 aliphatic rings. The van der Waals surface area contributed by atoms with Gasteiger partial charge in [0.05, 0.1) is 97.6 Å². The predicted molar refractivity (Wildman–Crippen MR) is 238 cm³/mol. The van der Waals surface area contributed by atoms with Crippen LogP contribution >= 0.6 is 0 Å². The topological polar surface area (TPSA) is 247 Å². The van der Waals surface area contributed by atoms with Gasteiger partial charge in [0.2, 0.25) is 5.91 Å². The van der Waals surface area contributed by atoms with Gasteiger partial charge in [0, 0.05) is 57.9 Å². The average molecular weight is 888 g/mol. The quantitative estimate of drug-likeness (QED) is 0.0504. The molecule has 0 bridgehead atoms. The molecule has 0 radical (unpaired) electrons. The summed E-state index contributed by atoms with van der Waals surface area (Å²) >= 11 is 0. The van der Waals surface area contributed by atoms with Crippen LogP contribution in [0.4, 0.5) is 11.8 Å². The molecule has 7 rings (SSSR count). The van der Waals surface area contributed by atoms with Crippen molar-refractivity contribution in [3.63, 3.8) is 0 Å². The highest BCUT2D eigenvalue weighted by molar-refractivity contribution is 5.99. The van der Waals surface area contributed by atoms with Gasteiger partial charge in [-0.1, -0.05) is 18.2 Å². The molecule has 5 aromatic rings. The number of nitrogens with zero attached hydrogens (tertiary/aromatic N) is 8. The van der Waals surface area contributed by atoms with E-state index >= 15 is 0 Å². The molecule has 20 heteroatoms. The number of benzene rings is 2. The highest BCUT2D eigenvalue weighted by Gasteiger charge is 2.23. The van der Waals surface area contributed by atoms with Gasteiger partial charge in [0.1, 0.15) is 29.1 Å². The Morgan fingerprint density at radius 2 is 1.39 bits per heavy atom. The highest BCUT2D eigenvalue weighted by atomic mass is 16.6. The van der Waals surface area contributed by atoms with E-state index in [9.17, 15) is 9.59 Å². The first kappa shape index (κ1) is 46.8. The Bertz CT molecular complexity index is 2260. The largest absolute Gasteiger partial charge is 0.424 e. The molecule has 346 valence electrons. The summed E-state index contributed by atoms with van der Waals surface area (Å²) in [7, 11) is 0. The minimum Gasteiger partial charge on any atom is -0.424 e. The molecule has 1 amide bonds. The standard InChI is InChI=1S/C44H61N11O9/c45-42-40-41(34-5-6-38-37(27-34)50-44(46)64-38)51-55(43(40)49-31-48-42)28-32-3-4-35-29-53(9-7-33(35)26-32)39(57)8-15-59-17-19-61-21-23-63-25-24-62-22-20-60-18-16-58-14-1-2-36(56)30-52-10-12-54(47)13-11-52/h3-6,26-27,31H,1-2,7-25,28-30,47H2,(H2,46,50)(H2,45,48,49). The zero-order valence-electron chi connectivity index (χ0n) is 36.5. The van der Waals surface area contributed by atoms with Gasteiger partial charge in [-0.15, -0.1) is 0 Å². The van der Waals surface area contributed by atoms with E-state index in [1.807, 2.05) is 21.7 Å². The second-order valence-electron chi connectivity index (χ2n) is 15.7. The van der Waals surface area contributed by atoms with E-state index in [2.05, 4.69) is 38.1 Å². The van der Waals surface area contributed by atoms with Gasteiger partial charge in [-0.05, 0) is 47.7 Å². The van der Waals surface area contributed by atoms with Crippen LogP contribution in [0.1, 0.15) is 36.0 Å². The van der Waals surface area contributed by atoms with E-state index in [1.165, 1.54) is 11.9 Å². The molecule has 0 spiro atoms. The number of amides is 1. The third kappa shape index (κ3) is 13.7. The predicted octanol–water partition coefficient (Wildman–Crippen LogP) is 2.06. The van der Waals surface area contributed by atoms with Gasteiger partial charge in [0.15, 0.2) is 11.2 Å². The normalized spacial score (nSPS) is 14.8. The van der Waals surface area contributed by atoms with E-state index in [-0.39, 0.29) is 17.7 Å². The van der Waals surface area contributed by atoms with Crippen molar-refractivity contribution in [3.8, 4) is 11.3 Å². The maximum Gasteiger partial charge on any atom is 0.292 e. The third-order valence-corrected chi connectivity index (χ3v) is 11.1. The number of hydrazine groups is 1. The number of oxazole rings is 1. The van der Waals surface area contributed by atoms with Crippen molar-refractivity contribution >= 4 is 45.7 Å². The van der Waals surface area contributed by atoms with Crippen LogP contribution < -0.4 is 17.3 Å². The first-order chi connectivity index (χ1) is 31.3. The summed E-state index contributed by atoms with van der Waals surface area (Å²) in [5.41, 5.74) is 18.8. The number of anilines is 2. The van der Waals surface area contributed by atoms with Gasteiger partial charge in [-0.25, -0.2) is 19.7 Å². The SMILES string of the molecule is Nc1nc2cc(-c3nn(Cc4ccc5c(c4)CCN(C(=O)CCOCCOCCOCCOCCOCCOCCCC(=O)CN4CCN(N)CC4)C5)c4ncnc(N)c34)ccc2o1. The number of Topliss-reactive ketones (excluding diaryl/α,β-unsaturated/α-hetero) is 1. The van der Waals surface area contributed by atoms with Gasteiger partial charge in [-0.2, -0.15) is 10.1 Å². The van der Waals surface area contributed by atoms with Crippen molar-refractivity contribution in [2.24, 2.45) is 5.84 Å². The van der Waals surface area contributed by atoms with Crippen molar-refractivity contribution in [3.05, 3.63) is 59.4 Å². The number of rotatable bonds is 27. The minimum atomic E-state index is 0.0662. The van der Waals surface area contributed by atoms with E-state index in [0.29, 0.717) is 158 Å². The Hall–Kier alpha value is -5.16. The molecule has 1 fully saturated rings. The molecule has 0 aliphatic carbocycles. The molecule has 0 unspecified atom stereocenters. The summed E-state index contributed by atoms with van der Waals surface area (Å²) in [5.74, 6) is 6.41. The first-order valence-corrected chi connectivity index (χ1v) is 22.0. The van der Waals surface area contributed by atoms with Crippen molar-refractivity contribution < 1.29 is 42.4 Å². The van der Waals surface area contributed by atoms with Crippen LogP contribution in [0.25, 0.3) is 33.4 Å². The van der Waals surface area contributed by atoms with E-state index < -0.39 is 0 Å². The first-order valence-electron chi connectivity index (χ1n) is 22.0. The molecular formula is C44H61N11O9. The lowest BCUT2D eigenvalue weighted by atomic mass is 9.97. The van der Waals surface area contributed by atoms with E-state index in [0.717, 1.165) is 49.3 Å². The molecule has 0 atom stereocenters. The molecule has 5 heterocycles. The monoisotopic (exact) mass is 887 g/mol. The molecule has 2 aliphatic heterocycles. The summed E-state index contributed by atoms with van der Waals surface area (Å²) in [5, 5.41) is 7.38. The van der Waals surface area contributed by atoms with Gasteiger partial charge in [-0.3, -0.25) is 20.3 Å². The number of aromatic nitrogens is 5. The Labute approximate surface area is 372 Å². The summed E-state index contributed by atoms with van der Waals surface area (Å²) in [6.07, 6.45) is 3.75. The Morgan fingerprint density at radius 3 is 2.09 bits per heavy atom. The summed E-state index contributed by atoms with van der Waals surface area (Å²) in [6.45, 7) is 10.9. The minimum absolute atomic E-state index is 0.0662. The number of nitrogen functional groups attached to an aromatic ring is 2. The summed E-state index contributed by atoms with van der Waals surface area (Å²) < 4.78 is 40.7. The molecule has 64 heavy (non-hydrogen) atoms. The molecule has 2 aromatic carbocycles. The van der Waals surface area contributed by atoms with Gasteiger partial charge >= 0.3 is 0 Å². The number of hydrogen-bond acceptors (Lipinski definition) is 18. The molecule has 1 saturated heterocycles. The van der Waals surface area contributed by atoms with Crippen LogP contribution in [-0.4, -0.2) is 170 Å². The van der Waals surface area contributed by atoms with E-state index in [4.69, 9.17) is 55.2 Å². The maximum absolute atomic E-state index is 13.0. The summed E-state index contributed by atoms with van der Waals surface area (Å²) in [4.78, 5) is 42.2. The fraction of sp³-hybridized carbons (Fsp3) is 0.545. The smallest absolute Gasteiger partial charge is 0.292 e. The van der Waals surface area contributed by atoms with Crippen LogP contribution in [-0.2, 0) is 57.5 Å². The molecule has 0 saturated carbocycles. The fourth-order valence-corrected chi connectivity index (χ4v) is 7.67. The number of piperazine rings is 1. The van der Waals surface area contributed by atoms with Crippen LogP contribution in [0.3, 0.4) is 0 Å². The number of hydrogen-bond donors (Lipinski definition) is 3. The number of carbonyl (C=O) groups excluding carboxylic acids is 2. The zero-order valence-corrected chi connectivity index (χ0v) is 36.5. The average Bonchev–Trinajstić information content (AvgIpc) is 3.86. The zero-order chi connectivity index (χ0) is 44.5. The van der Waals surface area contributed by atoms with Crippen molar-refractivity contribution in [2.45, 2.75) is 38.8 Å². The lowest BCUT2D eigenvalue weighted by Crippen LogP contribution is -2.50. The van der Waals surface area contributed by atoms with Crippen molar-refractivity contribution in [1.29, 1.82) is 0 Å². The third-order valence-electron chi connectivity index (χ3n) is 11.1. The highest BCUT2D eigenvalue weighted by Crippen LogP contribution is 2.33. The number of nitrogens with two attached hydrogens (primary N) is 3. The summed E-state index contributed by atoms with van der Waals surface area (Å²) in [6, 6.07) is 12.0. The van der Waals surface area contributed by atoms with Crippen LogP contribution in [0, 0.1) is 0 Å². The second-order valence-corrected chi connectivity index (χ2v) is 15.7. The molecule has 3 aromatic heterocycles. The van der Waals surface area contributed by atoms with Crippen molar-refractivity contribution in [2.75, 3.05) is 130 Å². The van der Waals surface area contributed by atoms with Gasteiger partial charge < -0.3 is 49.2 Å². The maximum atomic E-state index is 13.0. The van der Waals surface area contributed by atoms with Crippen molar-refractivity contribution in [1.82, 2.24) is 39.5 Å². The Morgan fingerprint density at radius 1 is 0.719 bits per heavy atom. The molecular weight excluding hydrogens is 827 g/mol. The molecule has 20 nitrogen and oxygen atoms in total. The lowest BCUT2D eigenvalue weighted by Gasteiger charge is -2.31. The van der Waals surface area contributed by atoms with Gasteiger partial charge in [0.25, 0.3) is 6.01 Å². The lowest BCUT2D eigenvalue weighted by molar-refractivity contribution is -0.133. The fourth-order valence-electron chi connectivity index (χ4n) is 7.67. The number of carbonyl (C=O) groups is 2. The number of ketones is 1. The molecule has 6 N–H and O–H groups in total. The second kappa shape index (κ2) is 24.2. The van der Waals surface area contributed by atoms with E-state index in [1.54, 1.807) is 11.1 Å². The van der Waals surface area contributed by atoms with Crippen LogP contribution in [0.2, 0.25) is 0 Å². The number of fused-ring (bicyclic) bond motifs is 3. The number of ether oxygens (including phenoxy) is 6. The Balaban J connectivity index is 0.684.